The van der Waals surface area contributed by atoms with Crippen molar-refractivity contribution < 1.29 is 13.2 Å². The number of sulfonamides is 1. The van der Waals surface area contributed by atoms with E-state index in [2.05, 4.69) is 10.6 Å². The minimum Gasteiger partial charge on any atom is -0.336 e. The summed E-state index contributed by atoms with van der Waals surface area (Å²) in [5.41, 5.74) is 0.413. The molecule has 0 aliphatic heterocycles. The summed E-state index contributed by atoms with van der Waals surface area (Å²) in [5.74, 6) is 0. The number of carbonyl (C=O) groups is 1. The van der Waals surface area contributed by atoms with Gasteiger partial charge in [0.15, 0.2) is 0 Å². The van der Waals surface area contributed by atoms with Crippen molar-refractivity contribution in [2.24, 2.45) is 0 Å². The Morgan fingerprint density at radius 2 is 1.92 bits per heavy atom. The molecule has 1 saturated carbocycles. The molecule has 2 amide bonds. The van der Waals surface area contributed by atoms with Crippen LogP contribution in [0.3, 0.4) is 0 Å². The molecule has 1 aromatic carbocycles. The van der Waals surface area contributed by atoms with E-state index in [9.17, 15) is 13.2 Å². The molecule has 0 spiro atoms. The van der Waals surface area contributed by atoms with E-state index in [0.717, 1.165) is 31.9 Å². The molecule has 8 heteroatoms. The highest BCUT2D eigenvalue weighted by Crippen LogP contribution is 2.26. The van der Waals surface area contributed by atoms with E-state index in [1.165, 1.54) is 10.7 Å². The Balaban J connectivity index is 1.89. The van der Waals surface area contributed by atoms with Gasteiger partial charge in [0.05, 0.1) is 23.5 Å². The van der Waals surface area contributed by atoms with Crippen LogP contribution in [-0.4, -0.2) is 39.8 Å². The fourth-order valence-electron chi connectivity index (χ4n) is 2.87. The smallest absolute Gasteiger partial charge is 0.315 e. The highest BCUT2D eigenvalue weighted by Gasteiger charge is 2.20. The zero-order valence-electron chi connectivity index (χ0n) is 13.8. The Morgan fingerprint density at radius 1 is 1.25 bits per heavy atom. The highest BCUT2D eigenvalue weighted by molar-refractivity contribution is 7.92. The second kappa shape index (κ2) is 8.58. The molecule has 0 heterocycles. The maximum Gasteiger partial charge on any atom is 0.315 e. The zero-order chi connectivity index (χ0) is 17.6. The van der Waals surface area contributed by atoms with Crippen LogP contribution >= 0.6 is 11.6 Å². The molecule has 0 aromatic heterocycles. The second-order valence-electron chi connectivity index (χ2n) is 6.02. The van der Waals surface area contributed by atoms with E-state index in [0.29, 0.717) is 10.7 Å². The van der Waals surface area contributed by atoms with Gasteiger partial charge < -0.3 is 10.6 Å². The summed E-state index contributed by atoms with van der Waals surface area (Å²) in [4.78, 5) is 11.9. The first-order valence-electron chi connectivity index (χ1n) is 8.14. The van der Waals surface area contributed by atoms with Crippen LogP contribution in [-0.2, 0) is 10.0 Å². The van der Waals surface area contributed by atoms with Crippen molar-refractivity contribution in [3.8, 4) is 0 Å². The van der Waals surface area contributed by atoms with E-state index >= 15 is 0 Å². The van der Waals surface area contributed by atoms with Gasteiger partial charge in [-0.15, -0.1) is 0 Å². The number of amides is 2. The molecule has 1 fully saturated rings. The molecule has 2 N–H and O–H groups in total. The average Bonchev–Trinajstić information content (AvgIpc) is 2.52. The molecule has 0 bridgehead atoms. The molecule has 1 aliphatic rings. The van der Waals surface area contributed by atoms with Crippen molar-refractivity contribution in [2.75, 3.05) is 23.7 Å². The Kier molecular flexibility index (Phi) is 6.74. The maximum atomic E-state index is 12.0. The van der Waals surface area contributed by atoms with Crippen LogP contribution < -0.4 is 14.9 Å². The van der Waals surface area contributed by atoms with Gasteiger partial charge in [-0.05, 0) is 25.0 Å². The second-order valence-corrected chi connectivity index (χ2v) is 8.34. The number of carbonyl (C=O) groups excluding carboxylic acids is 1. The molecule has 6 nitrogen and oxygen atoms in total. The number of anilines is 1. The summed E-state index contributed by atoms with van der Waals surface area (Å²) in [7, 11) is -3.49. The molecule has 1 aromatic rings. The van der Waals surface area contributed by atoms with Crippen LogP contribution in [0.4, 0.5) is 10.5 Å². The fourth-order valence-corrected chi connectivity index (χ4v) is 4.10. The monoisotopic (exact) mass is 373 g/mol. The number of para-hydroxylation sites is 1. The fraction of sp³-hybridized carbons (Fsp3) is 0.562. The molecular formula is C16H24ClN3O3S. The largest absolute Gasteiger partial charge is 0.336 e. The first-order valence-corrected chi connectivity index (χ1v) is 10.4. The number of benzene rings is 1. The maximum absolute atomic E-state index is 12.0. The third kappa shape index (κ3) is 5.56. The third-order valence-electron chi connectivity index (χ3n) is 4.06. The normalized spacial score (nSPS) is 15.8. The van der Waals surface area contributed by atoms with E-state index in [-0.39, 0.29) is 25.2 Å². The summed E-state index contributed by atoms with van der Waals surface area (Å²) in [6.45, 7) is 0.331. The first-order chi connectivity index (χ1) is 11.4. The molecule has 24 heavy (non-hydrogen) atoms. The van der Waals surface area contributed by atoms with Crippen molar-refractivity contribution in [3.05, 3.63) is 29.3 Å². The molecule has 1 aliphatic carbocycles. The van der Waals surface area contributed by atoms with Crippen LogP contribution in [0.5, 0.6) is 0 Å². The Bertz CT molecular complexity index is 660. The van der Waals surface area contributed by atoms with E-state index in [1.807, 2.05) is 0 Å². The predicted molar refractivity (Wildman–Crippen MR) is 97.0 cm³/mol. The van der Waals surface area contributed by atoms with Crippen LogP contribution in [0, 0.1) is 0 Å². The number of nitrogens with one attached hydrogen (secondary N) is 2. The van der Waals surface area contributed by atoms with Crippen LogP contribution in [0.1, 0.15) is 32.1 Å². The SMILES string of the molecule is CS(=O)(=O)N(CCNC(=O)NC1CCCCC1)c1ccccc1Cl. The van der Waals surface area contributed by atoms with Crippen molar-refractivity contribution in [1.29, 1.82) is 0 Å². The quantitative estimate of drug-likeness (QED) is 0.804. The Labute approximate surface area is 148 Å². The molecule has 0 atom stereocenters. The van der Waals surface area contributed by atoms with Gasteiger partial charge >= 0.3 is 6.03 Å². The van der Waals surface area contributed by atoms with Crippen LogP contribution in [0.15, 0.2) is 24.3 Å². The topological polar surface area (TPSA) is 78.5 Å². The number of rotatable bonds is 6. The lowest BCUT2D eigenvalue weighted by Crippen LogP contribution is -2.45. The number of halogens is 1. The minimum absolute atomic E-state index is 0.126. The first kappa shape index (κ1) is 18.9. The lowest BCUT2D eigenvalue weighted by atomic mass is 9.96. The molecule has 0 saturated heterocycles. The highest BCUT2D eigenvalue weighted by atomic mass is 35.5. The molecule has 2 rings (SSSR count). The average molecular weight is 374 g/mol. The Hall–Kier alpha value is -1.47. The summed E-state index contributed by atoms with van der Waals surface area (Å²) in [6.07, 6.45) is 6.63. The van der Waals surface area contributed by atoms with Crippen molar-refractivity contribution >= 4 is 33.3 Å². The number of hydrogen-bond donors (Lipinski definition) is 2. The summed E-state index contributed by atoms with van der Waals surface area (Å²) in [6, 6.07) is 6.71. The summed E-state index contributed by atoms with van der Waals surface area (Å²) in [5, 5.41) is 6.02. The van der Waals surface area contributed by atoms with Crippen molar-refractivity contribution in [2.45, 2.75) is 38.1 Å². The van der Waals surface area contributed by atoms with E-state index in [4.69, 9.17) is 11.6 Å². The van der Waals surface area contributed by atoms with Crippen molar-refractivity contribution in [3.63, 3.8) is 0 Å². The van der Waals surface area contributed by atoms with Crippen LogP contribution in [0.25, 0.3) is 0 Å². The summed E-state index contributed by atoms with van der Waals surface area (Å²) < 4.78 is 25.2. The lowest BCUT2D eigenvalue weighted by Gasteiger charge is -2.25. The number of hydrogen-bond acceptors (Lipinski definition) is 3. The Morgan fingerprint density at radius 3 is 2.54 bits per heavy atom. The lowest BCUT2D eigenvalue weighted by molar-refractivity contribution is 0.233. The van der Waals surface area contributed by atoms with E-state index in [1.54, 1.807) is 24.3 Å². The van der Waals surface area contributed by atoms with Gasteiger partial charge in [-0.3, -0.25) is 4.31 Å². The standard InChI is InChI=1S/C16H24ClN3O3S/c1-24(22,23)20(15-10-6-5-9-14(15)17)12-11-18-16(21)19-13-7-3-2-4-8-13/h5-6,9-10,13H,2-4,7-8,11-12H2,1H3,(H2,18,19,21). The molecule has 0 unspecified atom stereocenters. The number of nitrogens with zero attached hydrogens (tertiary/aromatic N) is 1. The van der Waals surface area contributed by atoms with Gasteiger partial charge in [0, 0.05) is 12.6 Å². The van der Waals surface area contributed by atoms with Crippen LogP contribution in [0.2, 0.25) is 5.02 Å². The molecule has 134 valence electrons. The molecule has 0 radical (unpaired) electrons. The van der Waals surface area contributed by atoms with Gasteiger partial charge in [0.1, 0.15) is 0 Å². The van der Waals surface area contributed by atoms with Crippen molar-refractivity contribution in [1.82, 2.24) is 10.6 Å². The minimum atomic E-state index is -3.49. The van der Waals surface area contributed by atoms with Gasteiger partial charge in [-0.1, -0.05) is 43.0 Å². The van der Waals surface area contributed by atoms with E-state index < -0.39 is 10.0 Å². The zero-order valence-corrected chi connectivity index (χ0v) is 15.4. The summed E-state index contributed by atoms with van der Waals surface area (Å²) >= 11 is 6.09. The van der Waals surface area contributed by atoms with Gasteiger partial charge in [-0.2, -0.15) is 0 Å². The van der Waals surface area contributed by atoms with Gasteiger partial charge in [-0.25, -0.2) is 13.2 Å². The third-order valence-corrected chi connectivity index (χ3v) is 5.56. The van der Waals surface area contributed by atoms with Gasteiger partial charge in [0.2, 0.25) is 10.0 Å². The predicted octanol–water partition coefficient (Wildman–Crippen LogP) is 2.74. The number of urea groups is 1. The molecular weight excluding hydrogens is 350 g/mol. The van der Waals surface area contributed by atoms with Gasteiger partial charge in [0.25, 0.3) is 0 Å².